The first-order chi connectivity index (χ1) is 14.8. The standard InChI is InChI=1S/C27H25NO2/c1-29-20-21-30-27-18-14-23(15-19-27)22-12-16-26(17-13-22)28(24-8-4-2-5-9-24)25-10-6-3-7-11-25/h2-19H,20-21H2,1H3. The van der Waals surface area contributed by atoms with Crippen molar-refractivity contribution in [2.24, 2.45) is 0 Å². The minimum Gasteiger partial charge on any atom is -0.491 e. The van der Waals surface area contributed by atoms with Crippen LogP contribution in [0.4, 0.5) is 17.1 Å². The molecular formula is C27H25NO2. The third kappa shape index (κ3) is 4.70. The third-order valence-corrected chi connectivity index (χ3v) is 4.90. The second kappa shape index (κ2) is 9.77. The Labute approximate surface area is 178 Å². The van der Waals surface area contributed by atoms with Crippen LogP contribution in [-0.2, 0) is 4.74 Å². The first-order valence-corrected chi connectivity index (χ1v) is 10.1. The summed E-state index contributed by atoms with van der Waals surface area (Å²) in [6.45, 7) is 1.14. The Bertz CT molecular complexity index is 990. The molecule has 3 heteroatoms. The van der Waals surface area contributed by atoms with Gasteiger partial charge in [-0.15, -0.1) is 0 Å². The predicted octanol–water partition coefficient (Wildman–Crippen LogP) is 6.85. The van der Waals surface area contributed by atoms with Crippen molar-refractivity contribution >= 4 is 17.1 Å². The molecule has 4 aromatic rings. The van der Waals surface area contributed by atoms with Crippen molar-refractivity contribution < 1.29 is 9.47 Å². The highest BCUT2D eigenvalue weighted by Crippen LogP contribution is 2.35. The van der Waals surface area contributed by atoms with Crippen LogP contribution in [0.15, 0.2) is 109 Å². The first-order valence-electron chi connectivity index (χ1n) is 10.1. The Kier molecular flexibility index (Phi) is 6.43. The van der Waals surface area contributed by atoms with Gasteiger partial charge in [0.1, 0.15) is 12.4 Å². The number of benzene rings is 4. The Hall–Kier alpha value is -3.56. The smallest absolute Gasteiger partial charge is 0.119 e. The molecule has 0 atom stereocenters. The van der Waals surface area contributed by atoms with E-state index in [9.17, 15) is 0 Å². The van der Waals surface area contributed by atoms with Gasteiger partial charge in [0.15, 0.2) is 0 Å². The molecule has 0 unspecified atom stereocenters. The van der Waals surface area contributed by atoms with Crippen LogP contribution >= 0.6 is 0 Å². The summed E-state index contributed by atoms with van der Waals surface area (Å²) in [6, 6.07) is 37.7. The molecule has 3 nitrogen and oxygen atoms in total. The number of hydrogen-bond donors (Lipinski definition) is 0. The van der Waals surface area contributed by atoms with Gasteiger partial charge in [0.25, 0.3) is 0 Å². The van der Waals surface area contributed by atoms with Gasteiger partial charge in [-0.1, -0.05) is 60.7 Å². The molecule has 0 aliphatic heterocycles. The van der Waals surface area contributed by atoms with Gasteiger partial charge in [-0.05, 0) is 59.7 Å². The molecule has 0 aromatic heterocycles. The van der Waals surface area contributed by atoms with Crippen LogP contribution in [-0.4, -0.2) is 20.3 Å². The van der Waals surface area contributed by atoms with Crippen LogP contribution in [0.25, 0.3) is 11.1 Å². The van der Waals surface area contributed by atoms with E-state index in [0.717, 1.165) is 28.4 Å². The molecule has 4 aromatic carbocycles. The molecule has 0 fully saturated rings. The molecule has 150 valence electrons. The highest BCUT2D eigenvalue weighted by atomic mass is 16.5. The third-order valence-electron chi connectivity index (χ3n) is 4.90. The topological polar surface area (TPSA) is 21.7 Å². The Morgan fingerprint density at radius 3 is 1.50 bits per heavy atom. The zero-order chi connectivity index (χ0) is 20.6. The monoisotopic (exact) mass is 395 g/mol. The molecule has 4 rings (SSSR count). The fourth-order valence-corrected chi connectivity index (χ4v) is 3.39. The molecule has 0 bridgehead atoms. The molecule has 0 radical (unpaired) electrons. The lowest BCUT2D eigenvalue weighted by Crippen LogP contribution is -2.09. The van der Waals surface area contributed by atoms with Crippen LogP contribution in [0.3, 0.4) is 0 Å². The lowest BCUT2D eigenvalue weighted by molar-refractivity contribution is 0.146. The fraction of sp³-hybridized carbons (Fsp3) is 0.111. The van der Waals surface area contributed by atoms with E-state index in [1.54, 1.807) is 7.11 Å². The number of methoxy groups -OCH3 is 1. The van der Waals surface area contributed by atoms with E-state index in [1.807, 2.05) is 24.3 Å². The maximum absolute atomic E-state index is 5.65. The number of nitrogens with zero attached hydrogens (tertiary/aromatic N) is 1. The molecule has 0 aliphatic rings. The van der Waals surface area contributed by atoms with Crippen molar-refractivity contribution in [2.45, 2.75) is 0 Å². The Morgan fingerprint density at radius 1 is 0.533 bits per heavy atom. The van der Waals surface area contributed by atoms with E-state index in [1.165, 1.54) is 5.56 Å². The van der Waals surface area contributed by atoms with Crippen LogP contribution in [0.2, 0.25) is 0 Å². The predicted molar refractivity (Wildman–Crippen MR) is 124 cm³/mol. The average molecular weight is 396 g/mol. The lowest BCUT2D eigenvalue weighted by Gasteiger charge is -2.25. The van der Waals surface area contributed by atoms with Gasteiger partial charge < -0.3 is 14.4 Å². The highest BCUT2D eigenvalue weighted by molar-refractivity contribution is 5.78. The van der Waals surface area contributed by atoms with Gasteiger partial charge in [0.05, 0.1) is 6.61 Å². The summed E-state index contributed by atoms with van der Waals surface area (Å²) >= 11 is 0. The van der Waals surface area contributed by atoms with E-state index >= 15 is 0 Å². The summed E-state index contributed by atoms with van der Waals surface area (Å²) in [6.07, 6.45) is 0. The second-order valence-electron chi connectivity index (χ2n) is 6.92. The average Bonchev–Trinajstić information content (AvgIpc) is 2.82. The van der Waals surface area contributed by atoms with Gasteiger partial charge in [0, 0.05) is 24.2 Å². The van der Waals surface area contributed by atoms with Gasteiger partial charge in [-0.2, -0.15) is 0 Å². The van der Waals surface area contributed by atoms with Gasteiger partial charge in [-0.3, -0.25) is 0 Å². The van der Waals surface area contributed by atoms with Crippen LogP contribution in [0.5, 0.6) is 5.75 Å². The van der Waals surface area contributed by atoms with E-state index in [-0.39, 0.29) is 0 Å². The largest absolute Gasteiger partial charge is 0.491 e. The molecule has 0 heterocycles. The summed E-state index contributed by atoms with van der Waals surface area (Å²) in [7, 11) is 1.67. The van der Waals surface area contributed by atoms with E-state index in [2.05, 4.69) is 89.8 Å². The summed E-state index contributed by atoms with van der Waals surface area (Å²) in [5, 5.41) is 0. The summed E-state index contributed by atoms with van der Waals surface area (Å²) < 4.78 is 10.7. The van der Waals surface area contributed by atoms with Crippen molar-refractivity contribution in [3.05, 3.63) is 109 Å². The van der Waals surface area contributed by atoms with Crippen molar-refractivity contribution in [3.63, 3.8) is 0 Å². The molecule has 0 saturated carbocycles. The van der Waals surface area contributed by atoms with Crippen molar-refractivity contribution in [3.8, 4) is 16.9 Å². The van der Waals surface area contributed by atoms with Crippen molar-refractivity contribution in [1.29, 1.82) is 0 Å². The van der Waals surface area contributed by atoms with E-state index in [0.29, 0.717) is 13.2 Å². The second-order valence-corrected chi connectivity index (χ2v) is 6.92. The van der Waals surface area contributed by atoms with Gasteiger partial charge in [-0.25, -0.2) is 0 Å². The van der Waals surface area contributed by atoms with Crippen molar-refractivity contribution in [2.75, 3.05) is 25.2 Å². The number of ether oxygens (including phenoxy) is 2. The van der Waals surface area contributed by atoms with Gasteiger partial charge in [0.2, 0.25) is 0 Å². The maximum atomic E-state index is 5.65. The molecule has 0 N–H and O–H groups in total. The van der Waals surface area contributed by atoms with Crippen LogP contribution < -0.4 is 9.64 Å². The molecule has 0 amide bonds. The first kappa shape index (κ1) is 19.7. The molecule has 0 saturated heterocycles. The van der Waals surface area contributed by atoms with Gasteiger partial charge >= 0.3 is 0 Å². The molecule has 0 aliphatic carbocycles. The zero-order valence-electron chi connectivity index (χ0n) is 17.1. The van der Waals surface area contributed by atoms with Crippen molar-refractivity contribution in [1.82, 2.24) is 0 Å². The fourth-order valence-electron chi connectivity index (χ4n) is 3.39. The minimum absolute atomic E-state index is 0.555. The summed E-state index contributed by atoms with van der Waals surface area (Å²) in [5.74, 6) is 0.853. The number of hydrogen-bond acceptors (Lipinski definition) is 3. The summed E-state index contributed by atoms with van der Waals surface area (Å²) in [4.78, 5) is 2.26. The van der Waals surface area contributed by atoms with Crippen LogP contribution in [0.1, 0.15) is 0 Å². The molecule has 0 spiro atoms. The lowest BCUT2D eigenvalue weighted by atomic mass is 10.0. The molecule has 30 heavy (non-hydrogen) atoms. The number of anilines is 3. The maximum Gasteiger partial charge on any atom is 0.119 e. The molecular weight excluding hydrogens is 370 g/mol. The number of para-hydroxylation sites is 2. The normalized spacial score (nSPS) is 10.6. The quantitative estimate of drug-likeness (QED) is 0.305. The SMILES string of the molecule is COCCOc1ccc(-c2ccc(N(c3ccccc3)c3ccccc3)cc2)cc1. The summed E-state index contributed by atoms with van der Waals surface area (Å²) in [5.41, 5.74) is 5.72. The Morgan fingerprint density at radius 2 is 1.00 bits per heavy atom. The minimum atomic E-state index is 0.555. The van der Waals surface area contributed by atoms with E-state index in [4.69, 9.17) is 9.47 Å². The Balaban J connectivity index is 1.58. The highest BCUT2D eigenvalue weighted by Gasteiger charge is 2.11. The van der Waals surface area contributed by atoms with Crippen LogP contribution in [0, 0.1) is 0 Å². The zero-order valence-corrected chi connectivity index (χ0v) is 17.1. The number of rotatable bonds is 8. The van der Waals surface area contributed by atoms with E-state index < -0.39 is 0 Å².